The van der Waals surface area contributed by atoms with Gasteiger partial charge in [-0.15, -0.1) is 0 Å². The number of amidine groups is 1. The number of nitrogens with zero attached hydrogens (tertiary/aromatic N) is 2. The van der Waals surface area contributed by atoms with E-state index in [-0.39, 0.29) is 11.5 Å². The van der Waals surface area contributed by atoms with Crippen LogP contribution in [0, 0.1) is 16.7 Å². The third kappa shape index (κ3) is 3.23. The Morgan fingerprint density at radius 3 is 2.65 bits per heavy atom. The van der Waals surface area contributed by atoms with Gasteiger partial charge in [0.15, 0.2) is 5.84 Å². The summed E-state index contributed by atoms with van der Waals surface area (Å²) < 4.78 is 0.687. The van der Waals surface area contributed by atoms with E-state index in [1.807, 2.05) is 48.5 Å². The first-order chi connectivity index (χ1) is 12.5. The summed E-state index contributed by atoms with van der Waals surface area (Å²) in [4.78, 5) is 0. The number of hydrogen-bond acceptors (Lipinski definition) is 5. The zero-order chi connectivity index (χ0) is 18.7. The van der Waals surface area contributed by atoms with Crippen molar-refractivity contribution in [3.8, 4) is 22.9 Å². The van der Waals surface area contributed by atoms with Crippen molar-refractivity contribution < 1.29 is 5.11 Å². The minimum Gasteiger partial charge on any atom is -0.507 e. The fourth-order valence-corrected chi connectivity index (χ4v) is 3.10. The molecule has 0 aliphatic rings. The molecule has 3 aromatic rings. The maximum Gasteiger partial charge on any atom is 0.201 e. The van der Waals surface area contributed by atoms with Crippen LogP contribution in [0.1, 0.15) is 0 Å². The Morgan fingerprint density at radius 2 is 1.92 bits per heavy atom. The smallest absolute Gasteiger partial charge is 0.201 e. The number of benzene rings is 3. The van der Waals surface area contributed by atoms with E-state index >= 15 is 0 Å². The molecule has 0 fully saturated rings. The highest BCUT2D eigenvalue weighted by molar-refractivity contribution is 9.10. The van der Waals surface area contributed by atoms with Gasteiger partial charge in [-0.05, 0) is 38.8 Å². The van der Waals surface area contributed by atoms with Crippen LogP contribution < -0.4 is 11.2 Å². The summed E-state index contributed by atoms with van der Waals surface area (Å²) in [6, 6.07) is 18.5. The van der Waals surface area contributed by atoms with Crippen LogP contribution in [-0.2, 0) is 0 Å². The second-order valence-corrected chi connectivity index (χ2v) is 6.30. The maximum absolute atomic E-state index is 10.5. The van der Waals surface area contributed by atoms with Crippen molar-refractivity contribution in [3.63, 3.8) is 0 Å². The van der Waals surface area contributed by atoms with Gasteiger partial charge in [-0.25, -0.2) is 0 Å². The molecule has 26 heavy (non-hydrogen) atoms. The van der Waals surface area contributed by atoms with Gasteiger partial charge in [0.1, 0.15) is 11.8 Å². The number of halogens is 1. The molecule has 0 aromatic heterocycles. The summed E-state index contributed by atoms with van der Waals surface area (Å²) in [5.74, 6) is -0.303. The summed E-state index contributed by atoms with van der Waals surface area (Å²) in [6.07, 6.45) is 0. The third-order valence-corrected chi connectivity index (χ3v) is 4.49. The molecule has 0 aliphatic heterocycles. The van der Waals surface area contributed by atoms with Gasteiger partial charge in [0.2, 0.25) is 5.71 Å². The first-order valence-corrected chi connectivity index (χ1v) is 8.40. The van der Waals surface area contributed by atoms with Gasteiger partial charge in [0, 0.05) is 15.6 Å². The number of hydrazone groups is 1. The number of fused-ring (bicyclic) bond motifs is 1. The zero-order valence-corrected chi connectivity index (χ0v) is 15.1. The van der Waals surface area contributed by atoms with Crippen LogP contribution in [0.2, 0.25) is 0 Å². The quantitative estimate of drug-likeness (QED) is 0.294. The van der Waals surface area contributed by atoms with E-state index in [1.54, 1.807) is 12.1 Å². The molecular weight excluding hydrogens is 394 g/mol. The number of nitrogens with one attached hydrogen (secondary N) is 2. The molecule has 0 spiro atoms. The van der Waals surface area contributed by atoms with E-state index in [0.717, 1.165) is 10.8 Å². The molecule has 6 nitrogen and oxygen atoms in total. The molecule has 0 saturated carbocycles. The number of rotatable bonds is 4. The number of nitrogens with two attached hydrogens (primary N) is 1. The fraction of sp³-hybridized carbons (Fsp3) is 0. The monoisotopic (exact) mass is 407 g/mol. The first kappa shape index (κ1) is 17.5. The number of anilines is 1. The highest BCUT2D eigenvalue weighted by Gasteiger charge is 2.15. The summed E-state index contributed by atoms with van der Waals surface area (Å²) >= 11 is 3.46. The lowest BCUT2D eigenvalue weighted by molar-refractivity contribution is 0.478. The predicted octanol–water partition coefficient (Wildman–Crippen LogP) is 4.20. The van der Waals surface area contributed by atoms with Crippen LogP contribution in [0.15, 0.2) is 64.2 Å². The summed E-state index contributed by atoms with van der Waals surface area (Å²) in [7, 11) is 0. The Kier molecular flexibility index (Phi) is 4.87. The molecule has 0 heterocycles. The fourth-order valence-electron chi connectivity index (χ4n) is 2.65. The van der Waals surface area contributed by atoms with Crippen LogP contribution in [0.25, 0.3) is 21.9 Å². The lowest BCUT2D eigenvalue weighted by Crippen LogP contribution is -2.22. The van der Waals surface area contributed by atoms with Gasteiger partial charge in [-0.2, -0.15) is 10.4 Å². The largest absolute Gasteiger partial charge is 0.507 e. The summed E-state index contributed by atoms with van der Waals surface area (Å²) in [6.45, 7) is 0. The number of aromatic hydroxyl groups is 1. The average Bonchev–Trinajstić information content (AvgIpc) is 2.63. The second-order valence-electron chi connectivity index (χ2n) is 5.44. The van der Waals surface area contributed by atoms with Crippen molar-refractivity contribution in [2.45, 2.75) is 0 Å². The summed E-state index contributed by atoms with van der Waals surface area (Å²) in [5, 5.41) is 32.7. The molecular formula is C19H14BrN5O. The average molecular weight is 408 g/mol. The van der Waals surface area contributed by atoms with Crippen LogP contribution in [-0.4, -0.2) is 16.7 Å². The van der Waals surface area contributed by atoms with E-state index in [9.17, 15) is 5.11 Å². The second kappa shape index (κ2) is 7.25. The van der Waals surface area contributed by atoms with Gasteiger partial charge >= 0.3 is 0 Å². The van der Waals surface area contributed by atoms with Gasteiger partial charge in [0.05, 0.1) is 5.69 Å². The van der Waals surface area contributed by atoms with Gasteiger partial charge < -0.3 is 10.8 Å². The highest BCUT2D eigenvalue weighted by Crippen LogP contribution is 2.42. The molecule has 5 N–H and O–H groups in total. The van der Waals surface area contributed by atoms with E-state index in [4.69, 9.17) is 16.4 Å². The van der Waals surface area contributed by atoms with Gasteiger partial charge in [-0.1, -0.05) is 42.5 Å². The van der Waals surface area contributed by atoms with Crippen molar-refractivity contribution in [3.05, 3.63) is 59.1 Å². The molecule has 0 unspecified atom stereocenters. The first-order valence-electron chi connectivity index (χ1n) is 7.60. The topological polar surface area (TPSA) is 118 Å². The SMILES string of the molecule is N#C/C(=N\Nc1c(Br)cccc1-c1c(O)ccc2ccccc12)C(=N)N. The Hall–Kier alpha value is -3.37. The van der Waals surface area contributed by atoms with E-state index in [0.29, 0.717) is 21.3 Å². The zero-order valence-electron chi connectivity index (χ0n) is 13.5. The molecule has 128 valence electrons. The minimum absolute atomic E-state index is 0.126. The number of para-hydroxylation sites is 1. The van der Waals surface area contributed by atoms with Crippen molar-refractivity contribution in [1.29, 1.82) is 10.7 Å². The third-order valence-electron chi connectivity index (χ3n) is 3.83. The highest BCUT2D eigenvalue weighted by atomic mass is 79.9. The normalized spacial score (nSPS) is 11.2. The molecule has 0 aliphatic carbocycles. The van der Waals surface area contributed by atoms with E-state index < -0.39 is 5.84 Å². The molecule has 7 heteroatoms. The van der Waals surface area contributed by atoms with Crippen LogP contribution in [0.4, 0.5) is 5.69 Å². The van der Waals surface area contributed by atoms with Crippen molar-refractivity contribution in [1.82, 2.24) is 0 Å². The predicted molar refractivity (Wildman–Crippen MR) is 107 cm³/mol. The van der Waals surface area contributed by atoms with Crippen LogP contribution in [0.5, 0.6) is 5.75 Å². The van der Waals surface area contributed by atoms with Crippen LogP contribution in [0.3, 0.4) is 0 Å². The lowest BCUT2D eigenvalue weighted by atomic mass is 9.96. The van der Waals surface area contributed by atoms with Gasteiger partial charge in [-0.3, -0.25) is 10.8 Å². The van der Waals surface area contributed by atoms with Crippen molar-refractivity contribution in [2.75, 3.05) is 5.43 Å². The Bertz CT molecular complexity index is 1080. The summed E-state index contributed by atoms with van der Waals surface area (Å²) in [5.41, 5.74) is 9.78. The molecule has 0 saturated heterocycles. The number of nitriles is 1. The Labute approximate surface area is 158 Å². The lowest BCUT2D eigenvalue weighted by Gasteiger charge is -2.15. The number of hydrogen-bond donors (Lipinski definition) is 4. The van der Waals surface area contributed by atoms with E-state index in [1.165, 1.54) is 0 Å². The van der Waals surface area contributed by atoms with Crippen molar-refractivity contribution in [2.24, 2.45) is 10.8 Å². The molecule has 0 amide bonds. The molecule has 0 atom stereocenters. The van der Waals surface area contributed by atoms with E-state index in [2.05, 4.69) is 26.5 Å². The van der Waals surface area contributed by atoms with Crippen molar-refractivity contribution >= 4 is 43.9 Å². The standard InChI is InChI=1S/C19H14BrN5O/c20-14-7-3-6-13(18(14)25-24-15(10-21)19(22)23)17-12-5-2-1-4-11(12)8-9-16(17)26/h1-9,25-26H,(H3,22,23)/b24-15+. The van der Waals surface area contributed by atoms with Crippen LogP contribution >= 0.6 is 15.9 Å². The van der Waals surface area contributed by atoms with Gasteiger partial charge in [0.25, 0.3) is 0 Å². The minimum atomic E-state index is -0.429. The number of phenols is 1. The molecule has 0 bridgehead atoms. The Morgan fingerprint density at radius 1 is 1.15 bits per heavy atom. The Balaban J connectivity index is 2.23. The molecule has 3 rings (SSSR count). The molecule has 0 radical (unpaired) electrons. The maximum atomic E-state index is 10.5. The number of phenolic OH excluding ortho intramolecular Hbond substituents is 1. The molecule has 3 aromatic carbocycles.